The van der Waals surface area contributed by atoms with Gasteiger partial charge in [0.15, 0.2) is 0 Å². The number of rotatable bonds is 5. The average molecular weight is 608 g/mol. The van der Waals surface area contributed by atoms with E-state index >= 15 is 0 Å². The van der Waals surface area contributed by atoms with Gasteiger partial charge >= 0.3 is 0 Å². The molecule has 5 heteroatoms. The van der Waals surface area contributed by atoms with Crippen LogP contribution in [0.4, 0.5) is 0 Å². The van der Waals surface area contributed by atoms with Gasteiger partial charge in [0, 0.05) is 51.5 Å². The van der Waals surface area contributed by atoms with E-state index in [0.717, 1.165) is 33.4 Å². The second-order valence-corrected chi connectivity index (χ2v) is 16.6. The van der Waals surface area contributed by atoms with Crippen molar-refractivity contribution in [2.24, 2.45) is 9.98 Å². The van der Waals surface area contributed by atoms with Crippen LogP contribution in [0.25, 0.3) is 0 Å². The van der Waals surface area contributed by atoms with Crippen molar-refractivity contribution in [3.8, 4) is 11.5 Å². The van der Waals surface area contributed by atoms with Gasteiger partial charge in [-0.3, -0.25) is 9.98 Å². The van der Waals surface area contributed by atoms with Crippen LogP contribution >= 0.6 is 0 Å². The zero-order valence-electron chi connectivity index (χ0n) is 28.6. The fourth-order valence-electron chi connectivity index (χ4n) is 4.30. The average Bonchev–Trinajstić information content (AvgIpc) is 2.74. The van der Waals surface area contributed by atoms with Crippen molar-refractivity contribution in [3.05, 3.63) is 57.6 Å². The summed E-state index contributed by atoms with van der Waals surface area (Å²) in [5.74, 6) is 0.556. The van der Waals surface area contributed by atoms with Crippen molar-refractivity contribution in [3.63, 3.8) is 0 Å². The molecule has 0 aromatic heterocycles. The zero-order valence-corrected chi connectivity index (χ0v) is 29.6. The van der Waals surface area contributed by atoms with E-state index in [0.29, 0.717) is 0 Å². The molecule has 2 N–H and O–H groups in total. The Morgan fingerprint density at radius 1 is 0.463 bits per heavy atom. The molecule has 0 bridgehead atoms. The molecule has 0 amide bonds. The number of phenolic OH excluding ortho intramolecular Hbond substituents is 2. The molecule has 0 atom stereocenters. The van der Waals surface area contributed by atoms with Crippen molar-refractivity contribution < 1.29 is 27.0 Å². The van der Waals surface area contributed by atoms with Gasteiger partial charge < -0.3 is 10.2 Å². The summed E-state index contributed by atoms with van der Waals surface area (Å²) in [6, 6.07) is 8.33. The Balaban J connectivity index is 0.00000840. The van der Waals surface area contributed by atoms with E-state index in [2.05, 4.69) is 123 Å². The van der Waals surface area contributed by atoms with Crippen LogP contribution in [0.2, 0.25) is 0 Å². The Morgan fingerprint density at radius 3 is 0.951 bits per heavy atom. The first-order chi connectivity index (χ1) is 17.7. The minimum Gasteiger partial charge on any atom is -0.507 e. The summed E-state index contributed by atoms with van der Waals surface area (Å²) in [6.07, 6.45) is 3.60. The quantitative estimate of drug-likeness (QED) is 0.333. The summed E-state index contributed by atoms with van der Waals surface area (Å²) >= 11 is 0. The largest absolute Gasteiger partial charge is 0.507 e. The summed E-state index contributed by atoms with van der Waals surface area (Å²) in [7, 11) is 0. The third-order valence-electron chi connectivity index (χ3n) is 8.18. The maximum atomic E-state index is 11.2. The van der Waals surface area contributed by atoms with E-state index in [1.807, 2.05) is 12.1 Å². The van der Waals surface area contributed by atoms with Crippen LogP contribution in [0.15, 0.2) is 34.3 Å². The van der Waals surface area contributed by atoms with E-state index in [4.69, 9.17) is 9.98 Å². The molecule has 0 spiro atoms. The Labute approximate surface area is 261 Å². The number of phenols is 2. The predicted octanol–water partition coefficient (Wildman–Crippen LogP) is 9.38. The van der Waals surface area contributed by atoms with Crippen LogP contribution in [-0.4, -0.2) is 33.7 Å². The molecule has 0 saturated carbocycles. The first kappa shape index (κ1) is 36.9. The molecule has 0 aliphatic carbocycles. The van der Waals surface area contributed by atoms with Crippen LogP contribution in [0.5, 0.6) is 11.5 Å². The van der Waals surface area contributed by atoms with E-state index in [-0.39, 0.29) is 49.9 Å². The fourth-order valence-corrected chi connectivity index (χ4v) is 4.30. The minimum absolute atomic E-state index is 0. The SMILES string of the molecule is CC(C)(C)c1cc(C=NC(C)(C)C(C)(C)N=Cc2cc(C(C)(C)C)cc(C(C)(C)C)c2O)c(O)c(C(C)(C)C)c1.[Co]. The molecule has 231 valence electrons. The number of aliphatic imine (C=N–C) groups is 2. The van der Waals surface area contributed by atoms with Crippen molar-refractivity contribution in [2.45, 2.75) is 144 Å². The van der Waals surface area contributed by atoms with Gasteiger partial charge in [0.1, 0.15) is 11.5 Å². The maximum absolute atomic E-state index is 11.2. The molecule has 2 aromatic carbocycles. The Morgan fingerprint density at radius 2 is 0.732 bits per heavy atom. The number of hydrogen-bond donors (Lipinski definition) is 2. The molecule has 41 heavy (non-hydrogen) atoms. The van der Waals surface area contributed by atoms with Crippen LogP contribution in [0.1, 0.15) is 144 Å². The van der Waals surface area contributed by atoms with E-state index in [1.54, 1.807) is 12.4 Å². The number of aromatic hydroxyl groups is 2. The minimum atomic E-state index is -0.598. The van der Waals surface area contributed by atoms with Gasteiger partial charge in [-0.1, -0.05) is 95.2 Å². The molecule has 0 heterocycles. The van der Waals surface area contributed by atoms with Gasteiger partial charge in [-0.05, 0) is 72.6 Å². The summed E-state index contributed by atoms with van der Waals surface area (Å²) < 4.78 is 0. The maximum Gasteiger partial charge on any atom is 0.128 e. The van der Waals surface area contributed by atoms with Gasteiger partial charge in [-0.2, -0.15) is 0 Å². The van der Waals surface area contributed by atoms with Crippen molar-refractivity contribution >= 4 is 12.4 Å². The van der Waals surface area contributed by atoms with Crippen LogP contribution < -0.4 is 0 Å². The van der Waals surface area contributed by atoms with Crippen LogP contribution in [0.3, 0.4) is 0 Å². The summed E-state index contributed by atoms with van der Waals surface area (Å²) in [5.41, 5.74) is 3.86. The summed E-state index contributed by atoms with van der Waals surface area (Å²) in [6.45, 7) is 34.0. The molecule has 0 saturated heterocycles. The van der Waals surface area contributed by atoms with E-state index in [9.17, 15) is 10.2 Å². The molecule has 1 radical (unpaired) electrons. The van der Waals surface area contributed by atoms with Crippen molar-refractivity contribution in [1.29, 1.82) is 0 Å². The predicted molar refractivity (Wildman–Crippen MR) is 174 cm³/mol. The molecule has 0 unspecified atom stereocenters. The molecular formula is C36H56CoN2O2. The Bertz CT molecular complexity index is 1190. The third-order valence-corrected chi connectivity index (χ3v) is 8.18. The number of hydrogen-bond acceptors (Lipinski definition) is 4. The first-order valence-corrected chi connectivity index (χ1v) is 14.5. The molecular weight excluding hydrogens is 551 g/mol. The zero-order chi connectivity index (χ0) is 31.3. The molecule has 2 aromatic rings. The number of nitrogens with zero attached hydrogens (tertiary/aromatic N) is 2. The molecule has 2 rings (SSSR count). The van der Waals surface area contributed by atoms with Gasteiger partial charge in [0.2, 0.25) is 0 Å². The molecule has 0 aliphatic heterocycles. The summed E-state index contributed by atoms with van der Waals surface area (Å²) in [4.78, 5) is 9.98. The monoisotopic (exact) mass is 607 g/mol. The topological polar surface area (TPSA) is 65.2 Å². The van der Waals surface area contributed by atoms with Crippen LogP contribution in [-0.2, 0) is 38.4 Å². The second kappa shape index (κ2) is 11.9. The van der Waals surface area contributed by atoms with Crippen LogP contribution in [0, 0.1) is 0 Å². The Kier molecular flexibility index (Phi) is 10.7. The molecule has 0 fully saturated rings. The van der Waals surface area contributed by atoms with Gasteiger partial charge in [-0.25, -0.2) is 0 Å². The van der Waals surface area contributed by atoms with E-state index in [1.165, 1.54) is 0 Å². The fraction of sp³-hybridized carbons (Fsp3) is 0.611. The first-order valence-electron chi connectivity index (χ1n) is 14.5. The molecule has 4 nitrogen and oxygen atoms in total. The van der Waals surface area contributed by atoms with Crippen molar-refractivity contribution in [2.75, 3.05) is 0 Å². The molecule has 0 aliphatic rings. The van der Waals surface area contributed by atoms with E-state index < -0.39 is 11.1 Å². The summed E-state index contributed by atoms with van der Waals surface area (Å²) in [5, 5.41) is 22.5. The smallest absolute Gasteiger partial charge is 0.128 e. The second-order valence-electron chi connectivity index (χ2n) is 16.6. The third kappa shape index (κ3) is 8.70. The van der Waals surface area contributed by atoms with Crippen molar-refractivity contribution in [1.82, 2.24) is 0 Å². The van der Waals surface area contributed by atoms with Gasteiger partial charge in [0.25, 0.3) is 0 Å². The standard InChI is InChI=1S/C36H56N2O2.Co/c1-31(2,3)25-17-23(29(39)27(19-25)33(7,8)9)21-37-35(13,14)36(15,16)38-22-24-18-26(32(4,5)6)20-28(30(24)40)34(10,11)12;/h17-22,39-40H,1-16H3;. The van der Waals surface area contributed by atoms with Gasteiger partial charge in [0.05, 0.1) is 11.1 Å². The normalized spacial score (nSPS) is 14.1. The number of benzene rings is 2. The van der Waals surface area contributed by atoms with Gasteiger partial charge in [-0.15, -0.1) is 0 Å². The Hall–Kier alpha value is -2.11.